The van der Waals surface area contributed by atoms with Gasteiger partial charge < -0.3 is 5.11 Å². The fourth-order valence-corrected chi connectivity index (χ4v) is 0.549. The average molecular weight is 140 g/mol. The number of hydrogen-bond donors (Lipinski definition) is 1. The maximum Gasteiger partial charge on any atom is 0.0779 e. The van der Waals surface area contributed by atoms with Gasteiger partial charge in [0.25, 0.3) is 0 Å². The Morgan fingerprint density at radius 2 is 2.00 bits per heavy atom. The van der Waals surface area contributed by atoms with Gasteiger partial charge in [0.05, 0.1) is 6.10 Å². The van der Waals surface area contributed by atoms with Gasteiger partial charge in [-0.25, -0.2) is 0 Å². The van der Waals surface area contributed by atoms with Crippen molar-refractivity contribution in [3.05, 3.63) is 23.8 Å². The first-order valence-electron chi connectivity index (χ1n) is 3.51. The zero-order chi connectivity index (χ0) is 8.15. The van der Waals surface area contributed by atoms with E-state index in [-0.39, 0.29) is 6.10 Å². The highest BCUT2D eigenvalue weighted by molar-refractivity contribution is 5.03. The van der Waals surface area contributed by atoms with Crippen LogP contribution in [0.3, 0.4) is 0 Å². The Labute approximate surface area is 63.1 Å². The van der Waals surface area contributed by atoms with Gasteiger partial charge in [-0.15, -0.1) is 0 Å². The topological polar surface area (TPSA) is 20.2 Å². The Bertz CT molecular complexity index is 141. The minimum Gasteiger partial charge on any atom is -0.388 e. The molecule has 0 saturated heterocycles. The number of allylic oxidation sites excluding steroid dienone is 1. The lowest BCUT2D eigenvalue weighted by atomic mass is 10.1. The maximum absolute atomic E-state index is 9.23. The van der Waals surface area contributed by atoms with E-state index in [0.717, 1.165) is 5.57 Å². The van der Waals surface area contributed by atoms with Gasteiger partial charge in [0.15, 0.2) is 0 Å². The summed E-state index contributed by atoms with van der Waals surface area (Å²) >= 11 is 0. The Hall–Kier alpha value is -0.560. The molecule has 0 spiro atoms. The Morgan fingerprint density at radius 1 is 1.50 bits per heavy atom. The lowest BCUT2D eigenvalue weighted by molar-refractivity contribution is 0.214. The van der Waals surface area contributed by atoms with E-state index in [2.05, 4.69) is 6.58 Å². The van der Waals surface area contributed by atoms with Crippen molar-refractivity contribution in [1.82, 2.24) is 0 Å². The van der Waals surface area contributed by atoms with Crippen LogP contribution < -0.4 is 0 Å². The second-order valence-corrected chi connectivity index (χ2v) is 2.88. The number of aliphatic hydroxyl groups is 1. The first-order chi connectivity index (χ1) is 4.54. The molecule has 0 aliphatic heterocycles. The van der Waals surface area contributed by atoms with Crippen LogP contribution in [-0.2, 0) is 0 Å². The van der Waals surface area contributed by atoms with E-state index in [1.807, 2.05) is 26.8 Å². The molecule has 0 unspecified atom stereocenters. The first kappa shape index (κ1) is 9.44. The Morgan fingerprint density at radius 3 is 2.30 bits per heavy atom. The lowest BCUT2D eigenvalue weighted by Gasteiger charge is -2.05. The molecule has 0 aromatic carbocycles. The highest BCUT2D eigenvalue weighted by atomic mass is 16.3. The summed E-state index contributed by atoms with van der Waals surface area (Å²) in [4.78, 5) is 0. The zero-order valence-corrected chi connectivity index (χ0v) is 7.02. The standard InChI is InChI=1S/C9H16O/c1-7(2)5-6-9(10)8(3)4/h5,9-10H,3,6H2,1-2,4H3/t9-/m1/s1. The maximum atomic E-state index is 9.23. The second kappa shape index (κ2) is 4.29. The van der Waals surface area contributed by atoms with Crippen LogP contribution in [0, 0.1) is 0 Å². The van der Waals surface area contributed by atoms with E-state index >= 15 is 0 Å². The fourth-order valence-electron chi connectivity index (χ4n) is 0.549. The van der Waals surface area contributed by atoms with Crippen molar-refractivity contribution >= 4 is 0 Å². The van der Waals surface area contributed by atoms with Crippen LogP contribution >= 0.6 is 0 Å². The molecule has 1 atom stereocenters. The Kier molecular flexibility index (Phi) is 4.05. The summed E-state index contributed by atoms with van der Waals surface area (Å²) in [5.74, 6) is 0. The van der Waals surface area contributed by atoms with Gasteiger partial charge in [0, 0.05) is 0 Å². The van der Waals surface area contributed by atoms with Crippen LogP contribution in [0.15, 0.2) is 23.8 Å². The molecule has 0 rings (SSSR count). The van der Waals surface area contributed by atoms with Crippen LogP contribution in [0.4, 0.5) is 0 Å². The molecular weight excluding hydrogens is 124 g/mol. The molecule has 0 saturated carbocycles. The van der Waals surface area contributed by atoms with E-state index in [1.54, 1.807) is 0 Å². The van der Waals surface area contributed by atoms with Gasteiger partial charge in [-0.05, 0) is 27.2 Å². The summed E-state index contributed by atoms with van der Waals surface area (Å²) in [7, 11) is 0. The molecule has 0 aliphatic rings. The third-order valence-electron chi connectivity index (χ3n) is 1.32. The van der Waals surface area contributed by atoms with Crippen LogP contribution in [0.25, 0.3) is 0 Å². The van der Waals surface area contributed by atoms with Crippen molar-refractivity contribution in [2.75, 3.05) is 0 Å². The molecular formula is C9H16O. The summed E-state index contributed by atoms with van der Waals surface area (Å²) in [6.07, 6.45) is 2.34. The van der Waals surface area contributed by atoms with Crippen LogP contribution in [-0.4, -0.2) is 11.2 Å². The molecule has 1 nitrogen and oxygen atoms in total. The summed E-state index contributed by atoms with van der Waals surface area (Å²) in [5.41, 5.74) is 2.07. The molecule has 0 bridgehead atoms. The molecule has 1 N–H and O–H groups in total. The van der Waals surface area contributed by atoms with Gasteiger partial charge in [-0.2, -0.15) is 0 Å². The Balaban J connectivity index is 3.70. The summed E-state index contributed by atoms with van der Waals surface area (Å²) < 4.78 is 0. The van der Waals surface area contributed by atoms with Gasteiger partial charge in [-0.3, -0.25) is 0 Å². The minimum atomic E-state index is -0.366. The van der Waals surface area contributed by atoms with Gasteiger partial charge in [0.1, 0.15) is 0 Å². The quantitative estimate of drug-likeness (QED) is 0.596. The van der Waals surface area contributed by atoms with E-state index in [1.165, 1.54) is 5.57 Å². The lowest BCUT2D eigenvalue weighted by Crippen LogP contribution is -2.04. The number of rotatable bonds is 3. The van der Waals surface area contributed by atoms with Crippen molar-refractivity contribution in [3.63, 3.8) is 0 Å². The van der Waals surface area contributed by atoms with Gasteiger partial charge in [-0.1, -0.05) is 23.8 Å². The molecule has 0 radical (unpaired) electrons. The first-order valence-corrected chi connectivity index (χ1v) is 3.51. The second-order valence-electron chi connectivity index (χ2n) is 2.88. The number of aliphatic hydroxyl groups excluding tert-OH is 1. The van der Waals surface area contributed by atoms with Crippen molar-refractivity contribution in [2.24, 2.45) is 0 Å². The van der Waals surface area contributed by atoms with E-state index < -0.39 is 0 Å². The van der Waals surface area contributed by atoms with E-state index in [9.17, 15) is 5.11 Å². The summed E-state index contributed by atoms with van der Waals surface area (Å²) in [6, 6.07) is 0. The zero-order valence-electron chi connectivity index (χ0n) is 7.02. The predicted octanol–water partition coefficient (Wildman–Crippen LogP) is 2.28. The minimum absolute atomic E-state index is 0.366. The van der Waals surface area contributed by atoms with E-state index in [4.69, 9.17) is 0 Å². The molecule has 0 amide bonds. The average Bonchev–Trinajstić information content (AvgIpc) is 1.82. The monoisotopic (exact) mass is 140 g/mol. The van der Waals surface area contributed by atoms with Crippen molar-refractivity contribution in [1.29, 1.82) is 0 Å². The van der Waals surface area contributed by atoms with Crippen LogP contribution in [0.5, 0.6) is 0 Å². The van der Waals surface area contributed by atoms with Gasteiger partial charge >= 0.3 is 0 Å². The number of hydrogen-bond acceptors (Lipinski definition) is 1. The van der Waals surface area contributed by atoms with Crippen LogP contribution in [0.1, 0.15) is 27.2 Å². The summed E-state index contributed by atoms with van der Waals surface area (Å²) in [5, 5.41) is 9.23. The molecule has 0 aromatic heterocycles. The fraction of sp³-hybridized carbons (Fsp3) is 0.556. The third-order valence-corrected chi connectivity index (χ3v) is 1.32. The predicted molar refractivity (Wildman–Crippen MR) is 44.9 cm³/mol. The highest BCUT2D eigenvalue weighted by Gasteiger charge is 1.99. The molecule has 0 heterocycles. The molecule has 0 aromatic rings. The summed E-state index contributed by atoms with van der Waals surface area (Å²) in [6.45, 7) is 9.53. The molecule has 58 valence electrons. The molecule has 1 heteroatoms. The smallest absolute Gasteiger partial charge is 0.0779 e. The molecule has 10 heavy (non-hydrogen) atoms. The largest absolute Gasteiger partial charge is 0.388 e. The van der Waals surface area contributed by atoms with Crippen molar-refractivity contribution in [2.45, 2.75) is 33.3 Å². The van der Waals surface area contributed by atoms with E-state index in [0.29, 0.717) is 6.42 Å². The van der Waals surface area contributed by atoms with Crippen molar-refractivity contribution < 1.29 is 5.11 Å². The van der Waals surface area contributed by atoms with Gasteiger partial charge in [0.2, 0.25) is 0 Å². The highest BCUT2D eigenvalue weighted by Crippen LogP contribution is 2.04. The SMILES string of the molecule is C=C(C)[C@H](O)CC=C(C)C. The molecule has 0 fully saturated rings. The van der Waals surface area contributed by atoms with Crippen molar-refractivity contribution in [3.8, 4) is 0 Å². The van der Waals surface area contributed by atoms with Crippen LogP contribution in [0.2, 0.25) is 0 Å². The third kappa shape index (κ3) is 4.33. The molecule has 0 aliphatic carbocycles. The normalized spacial score (nSPS) is 12.4.